The van der Waals surface area contributed by atoms with Crippen LogP contribution in [0.2, 0.25) is 0 Å². The van der Waals surface area contributed by atoms with Crippen LogP contribution in [0.5, 0.6) is 0 Å². The number of carbonyl (C=O) groups excluding carboxylic acids is 1. The molecule has 1 atom stereocenters. The Labute approximate surface area is 113 Å². The summed E-state index contributed by atoms with van der Waals surface area (Å²) in [6.07, 6.45) is 0.839. The Morgan fingerprint density at radius 2 is 2.47 bits per heavy atom. The Morgan fingerprint density at radius 1 is 1.63 bits per heavy atom. The monoisotopic (exact) mass is 266 g/mol. The van der Waals surface area contributed by atoms with E-state index in [-0.39, 0.29) is 11.9 Å². The van der Waals surface area contributed by atoms with Gasteiger partial charge in [0.2, 0.25) is 0 Å². The smallest absolute Gasteiger partial charge is 0.269 e. The molecule has 0 spiro atoms. The van der Waals surface area contributed by atoms with Gasteiger partial charge < -0.3 is 15.4 Å². The summed E-state index contributed by atoms with van der Waals surface area (Å²) in [5.41, 5.74) is 1.59. The van der Waals surface area contributed by atoms with Crippen LogP contribution in [-0.4, -0.2) is 48.0 Å². The molecule has 0 radical (unpaired) electrons. The van der Waals surface area contributed by atoms with Gasteiger partial charge in [-0.25, -0.2) is 0 Å². The van der Waals surface area contributed by atoms with Crippen molar-refractivity contribution in [3.8, 4) is 0 Å². The molecule has 1 aliphatic heterocycles. The normalized spacial score (nSPS) is 19.4. The summed E-state index contributed by atoms with van der Waals surface area (Å²) in [6.45, 7) is 7.53. The van der Waals surface area contributed by atoms with E-state index in [2.05, 4.69) is 15.7 Å². The average Bonchev–Trinajstić information content (AvgIpc) is 2.89. The zero-order valence-corrected chi connectivity index (χ0v) is 11.6. The highest BCUT2D eigenvalue weighted by atomic mass is 16.5. The Morgan fingerprint density at radius 3 is 3.11 bits per heavy atom. The second-order valence-electron chi connectivity index (χ2n) is 4.63. The first-order chi connectivity index (χ1) is 9.24. The van der Waals surface area contributed by atoms with Crippen molar-refractivity contribution < 1.29 is 9.53 Å². The maximum atomic E-state index is 12.2. The molecule has 0 aromatic carbocycles. The number of ether oxygens (including phenoxy) is 1. The molecule has 1 aromatic heterocycles. The van der Waals surface area contributed by atoms with Crippen LogP contribution in [0.1, 0.15) is 30.0 Å². The second kappa shape index (κ2) is 6.68. The predicted molar refractivity (Wildman–Crippen MR) is 72.2 cm³/mol. The standard InChI is InChI=1S/C13H22N4O2/c1-3-10-7-12(17(4-2)16-10)13(18)15-8-11-9-19-6-5-14-11/h7,11,14H,3-6,8-9H2,1-2H3,(H,15,18). The van der Waals surface area contributed by atoms with Crippen molar-refractivity contribution in [2.75, 3.05) is 26.3 Å². The SMILES string of the molecule is CCc1cc(C(=O)NCC2COCCN2)n(CC)n1. The molecule has 1 aromatic rings. The van der Waals surface area contributed by atoms with E-state index < -0.39 is 0 Å². The lowest BCUT2D eigenvalue weighted by molar-refractivity contribution is 0.0732. The average molecular weight is 266 g/mol. The van der Waals surface area contributed by atoms with E-state index in [9.17, 15) is 4.79 Å². The number of carbonyl (C=O) groups is 1. The molecule has 2 heterocycles. The third kappa shape index (κ3) is 3.54. The first-order valence-electron chi connectivity index (χ1n) is 6.90. The highest BCUT2D eigenvalue weighted by Gasteiger charge is 2.17. The fraction of sp³-hybridized carbons (Fsp3) is 0.692. The number of amides is 1. The van der Waals surface area contributed by atoms with Gasteiger partial charge in [0.25, 0.3) is 5.91 Å². The number of hydrogen-bond acceptors (Lipinski definition) is 4. The van der Waals surface area contributed by atoms with E-state index in [1.165, 1.54) is 0 Å². The number of morpholine rings is 1. The van der Waals surface area contributed by atoms with E-state index >= 15 is 0 Å². The van der Waals surface area contributed by atoms with E-state index in [4.69, 9.17) is 4.74 Å². The molecule has 1 unspecified atom stereocenters. The van der Waals surface area contributed by atoms with Crippen LogP contribution in [0, 0.1) is 0 Å². The van der Waals surface area contributed by atoms with Gasteiger partial charge in [-0.05, 0) is 19.4 Å². The van der Waals surface area contributed by atoms with Crippen LogP contribution >= 0.6 is 0 Å². The number of aryl methyl sites for hydroxylation is 2. The molecule has 1 aliphatic rings. The number of nitrogens with zero attached hydrogens (tertiary/aromatic N) is 2. The minimum Gasteiger partial charge on any atom is -0.378 e. The molecular formula is C13H22N4O2. The second-order valence-corrected chi connectivity index (χ2v) is 4.63. The Bertz CT molecular complexity index is 424. The minimum absolute atomic E-state index is 0.0681. The fourth-order valence-electron chi connectivity index (χ4n) is 2.12. The van der Waals surface area contributed by atoms with Gasteiger partial charge in [-0.2, -0.15) is 5.10 Å². The molecule has 0 saturated carbocycles. The van der Waals surface area contributed by atoms with Crippen molar-refractivity contribution in [3.63, 3.8) is 0 Å². The van der Waals surface area contributed by atoms with Gasteiger partial charge in [0, 0.05) is 25.7 Å². The zero-order valence-electron chi connectivity index (χ0n) is 11.6. The van der Waals surface area contributed by atoms with E-state index in [0.717, 1.165) is 25.3 Å². The molecule has 0 aliphatic carbocycles. The zero-order chi connectivity index (χ0) is 13.7. The number of rotatable bonds is 5. The quantitative estimate of drug-likeness (QED) is 0.798. The summed E-state index contributed by atoms with van der Waals surface area (Å²) < 4.78 is 7.10. The van der Waals surface area contributed by atoms with Crippen molar-refractivity contribution in [2.24, 2.45) is 0 Å². The molecule has 2 N–H and O–H groups in total. The highest BCUT2D eigenvalue weighted by molar-refractivity contribution is 5.92. The van der Waals surface area contributed by atoms with Gasteiger partial charge in [0.1, 0.15) is 5.69 Å². The molecule has 106 valence electrons. The van der Waals surface area contributed by atoms with Crippen molar-refractivity contribution in [2.45, 2.75) is 32.9 Å². The summed E-state index contributed by atoms with van der Waals surface area (Å²) >= 11 is 0. The lowest BCUT2D eigenvalue weighted by Crippen LogP contribution is -2.48. The van der Waals surface area contributed by atoms with Crippen LogP contribution < -0.4 is 10.6 Å². The Hall–Kier alpha value is -1.40. The summed E-state index contributed by atoms with van der Waals surface area (Å²) in [5, 5.41) is 10.6. The molecular weight excluding hydrogens is 244 g/mol. The number of aromatic nitrogens is 2. The summed E-state index contributed by atoms with van der Waals surface area (Å²) in [7, 11) is 0. The lowest BCUT2D eigenvalue weighted by Gasteiger charge is -2.23. The number of hydrogen-bond donors (Lipinski definition) is 2. The molecule has 6 nitrogen and oxygen atoms in total. The first-order valence-corrected chi connectivity index (χ1v) is 6.90. The van der Waals surface area contributed by atoms with Crippen LogP contribution in [0.3, 0.4) is 0 Å². The third-order valence-electron chi connectivity index (χ3n) is 3.23. The van der Waals surface area contributed by atoms with Crippen molar-refractivity contribution >= 4 is 5.91 Å². The van der Waals surface area contributed by atoms with Gasteiger partial charge in [-0.1, -0.05) is 6.92 Å². The topological polar surface area (TPSA) is 68.2 Å². The summed E-state index contributed by atoms with van der Waals surface area (Å²) in [6, 6.07) is 2.06. The molecule has 1 fully saturated rings. The molecule has 0 bridgehead atoms. The van der Waals surface area contributed by atoms with Gasteiger partial charge >= 0.3 is 0 Å². The third-order valence-corrected chi connectivity index (χ3v) is 3.23. The van der Waals surface area contributed by atoms with Gasteiger partial charge in [0.05, 0.1) is 18.9 Å². The maximum Gasteiger partial charge on any atom is 0.269 e. The number of nitrogens with one attached hydrogen (secondary N) is 2. The fourth-order valence-corrected chi connectivity index (χ4v) is 2.12. The first kappa shape index (κ1) is 14.0. The molecule has 19 heavy (non-hydrogen) atoms. The molecule has 2 rings (SSSR count). The minimum atomic E-state index is -0.0681. The van der Waals surface area contributed by atoms with Crippen LogP contribution in [0.25, 0.3) is 0 Å². The lowest BCUT2D eigenvalue weighted by atomic mass is 10.2. The van der Waals surface area contributed by atoms with Crippen LogP contribution in [0.15, 0.2) is 6.07 Å². The maximum absolute atomic E-state index is 12.2. The van der Waals surface area contributed by atoms with E-state index in [1.54, 1.807) is 4.68 Å². The van der Waals surface area contributed by atoms with E-state index in [0.29, 0.717) is 25.4 Å². The summed E-state index contributed by atoms with van der Waals surface area (Å²) in [4.78, 5) is 12.2. The van der Waals surface area contributed by atoms with Crippen molar-refractivity contribution in [1.29, 1.82) is 0 Å². The van der Waals surface area contributed by atoms with E-state index in [1.807, 2.05) is 19.9 Å². The van der Waals surface area contributed by atoms with Gasteiger partial charge in [0.15, 0.2) is 0 Å². The predicted octanol–water partition coefficient (Wildman–Crippen LogP) is 0.184. The summed E-state index contributed by atoms with van der Waals surface area (Å²) in [5.74, 6) is -0.0681. The van der Waals surface area contributed by atoms with Crippen molar-refractivity contribution in [1.82, 2.24) is 20.4 Å². The Kier molecular flexibility index (Phi) is 4.93. The van der Waals surface area contributed by atoms with Crippen LogP contribution in [0.4, 0.5) is 0 Å². The highest BCUT2D eigenvalue weighted by Crippen LogP contribution is 2.05. The van der Waals surface area contributed by atoms with Gasteiger partial charge in [-0.3, -0.25) is 9.48 Å². The molecule has 6 heteroatoms. The molecule has 1 saturated heterocycles. The van der Waals surface area contributed by atoms with Crippen LogP contribution in [-0.2, 0) is 17.7 Å². The van der Waals surface area contributed by atoms with Crippen molar-refractivity contribution in [3.05, 3.63) is 17.5 Å². The largest absolute Gasteiger partial charge is 0.378 e. The Balaban J connectivity index is 1.93. The van der Waals surface area contributed by atoms with Gasteiger partial charge in [-0.15, -0.1) is 0 Å². The molecule has 1 amide bonds.